The van der Waals surface area contributed by atoms with Crippen molar-refractivity contribution in [2.75, 3.05) is 5.32 Å². The minimum Gasteiger partial charge on any atom is -0.355 e. The lowest BCUT2D eigenvalue weighted by Crippen LogP contribution is -1.95. The lowest BCUT2D eigenvalue weighted by Gasteiger charge is -2.08. The van der Waals surface area contributed by atoms with Crippen LogP contribution >= 0.6 is 38.5 Å². The molecule has 0 bridgehead atoms. The molecule has 0 atom stereocenters. The van der Waals surface area contributed by atoms with Crippen LogP contribution in [0.3, 0.4) is 0 Å². The number of hydrogen-bond donors (Lipinski definition) is 1. The lowest BCUT2D eigenvalue weighted by molar-refractivity contribution is -0.385. The average Bonchev–Trinajstić information content (AvgIpc) is 2.33. The van der Waals surface area contributed by atoms with Crippen LogP contribution in [-0.4, -0.2) is 4.92 Å². The number of rotatable bonds is 3. The van der Waals surface area contributed by atoms with Crippen LogP contribution < -0.4 is 5.32 Å². The molecular formula is C13H10BrIN2O2. The maximum atomic E-state index is 10.7. The normalized spacial score (nSPS) is 10.3. The van der Waals surface area contributed by atoms with E-state index in [9.17, 15) is 10.1 Å². The first-order chi connectivity index (χ1) is 8.97. The van der Waals surface area contributed by atoms with Crippen molar-refractivity contribution in [1.82, 2.24) is 0 Å². The molecule has 1 N–H and O–H groups in total. The number of halogens is 2. The molecule has 2 aromatic rings. The number of nitrogens with one attached hydrogen (secondary N) is 1. The zero-order valence-corrected chi connectivity index (χ0v) is 13.7. The van der Waals surface area contributed by atoms with Gasteiger partial charge in [-0.15, -0.1) is 0 Å². The maximum absolute atomic E-state index is 10.7. The molecule has 0 heterocycles. The monoisotopic (exact) mass is 432 g/mol. The molecule has 0 unspecified atom stereocenters. The number of aryl methyl sites for hydroxylation is 1. The highest BCUT2D eigenvalue weighted by atomic mass is 127. The van der Waals surface area contributed by atoms with Crippen molar-refractivity contribution in [3.05, 3.63) is 60.1 Å². The Bertz CT molecular complexity index is 647. The fourth-order valence-corrected chi connectivity index (χ4v) is 2.58. The predicted octanol–water partition coefficient (Wildman–Crippen LogP) is 5.01. The molecule has 0 aromatic heterocycles. The number of anilines is 2. The molecule has 2 rings (SSSR count). The van der Waals surface area contributed by atoms with Gasteiger partial charge in [-0.1, -0.05) is 15.9 Å². The molecule has 6 heteroatoms. The molecule has 4 nitrogen and oxygen atoms in total. The zero-order valence-electron chi connectivity index (χ0n) is 9.98. The SMILES string of the molecule is Cc1cc(Nc2ccc([N+](=O)[O-])c(I)c2)ccc1Br. The van der Waals surface area contributed by atoms with E-state index in [0.717, 1.165) is 21.4 Å². The van der Waals surface area contributed by atoms with Crippen molar-refractivity contribution in [2.24, 2.45) is 0 Å². The summed E-state index contributed by atoms with van der Waals surface area (Å²) < 4.78 is 1.66. The van der Waals surface area contributed by atoms with E-state index in [4.69, 9.17) is 0 Å². The second-order valence-electron chi connectivity index (χ2n) is 4.01. The first-order valence-electron chi connectivity index (χ1n) is 5.44. The van der Waals surface area contributed by atoms with E-state index >= 15 is 0 Å². The maximum Gasteiger partial charge on any atom is 0.282 e. The minimum absolute atomic E-state index is 0.123. The fourth-order valence-electron chi connectivity index (χ4n) is 1.62. The highest BCUT2D eigenvalue weighted by Crippen LogP contribution is 2.27. The summed E-state index contributed by atoms with van der Waals surface area (Å²) in [4.78, 5) is 10.4. The third kappa shape index (κ3) is 3.44. The second kappa shape index (κ2) is 5.87. The van der Waals surface area contributed by atoms with Gasteiger partial charge in [-0.3, -0.25) is 10.1 Å². The molecule has 0 amide bonds. The van der Waals surface area contributed by atoms with Gasteiger partial charge in [0.2, 0.25) is 0 Å². The van der Waals surface area contributed by atoms with Gasteiger partial charge in [0.15, 0.2) is 0 Å². The van der Waals surface area contributed by atoms with Crippen molar-refractivity contribution in [3.63, 3.8) is 0 Å². The van der Waals surface area contributed by atoms with Gasteiger partial charge in [0, 0.05) is 21.9 Å². The zero-order chi connectivity index (χ0) is 14.0. The van der Waals surface area contributed by atoms with Crippen molar-refractivity contribution in [1.29, 1.82) is 0 Å². The molecule has 0 saturated heterocycles. The van der Waals surface area contributed by atoms with E-state index in [2.05, 4.69) is 21.2 Å². The standard InChI is InChI=1S/C13H10BrIN2O2/c1-8-6-9(2-4-11(8)14)16-10-3-5-13(17(18)19)12(15)7-10/h2-7,16H,1H3. The summed E-state index contributed by atoms with van der Waals surface area (Å²) in [5.74, 6) is 0. The summed E-state index contributed by atoms with van der Waals surface area (Å²) in [6.07, 6.45) is 0. The molecule has 0 fully saturated rings. The van der Waals surface area contributed by atoms with Gasteiger partial charge in [0.05, 0.1) is 8.49 Å². The highest BCUT2D eigenvalue weighted by molar-refractivity contribution is 14.1. The van der Waals surface area contributed by atoms with Crippen LogP contribution in [0.25, 0.3) is 0 Å². The van der Waals surface area contributed by atoms with E-state index in [1.54, 1.807) is 12.1 Å². The number of nitrogens with zero attached hydrogens (tertiary/aromatic N) is 1. The molecule has 0 aliphatic rings. The Balaban J connectivity index is 2.26. The van der Waals surface area contributed by atoms with Gasteiger partial charge in [0.1, 0.15) is 0 Å². The number of hydrogen-bond acceptors (Lipinski definition) is 3. The highest BCUT2D eigenvalue weighted by Gasteiger charge is 2.11. The fraction of sp³-hybridized carbons (Fsp3) is 0.0769. The Kier molecular flexibility index (Phi) is 4.41. The Hall–Kier alpha value is -1.15. The van der Waals surface area contributed by atoms with Crippen LogP contribution in [0.5, 0.6) is 0 Å². The quantitative estimate of drug-likeness (QED) is 0.421. The van der Waals surface area contributed by atoms with Crippen molar-refractivity contribution in [2.45, 2.75) is 6.92 Å². The number of nitro groups is 1. The van der Waals surface area contributed by atoms with E-state index in [-0.39, 0.29) is 10.6 Å². The molecule has 0 aliphatic heterocycles. The molecule has 19 heavy (non-hydrogen) atoms. The first kappa shape index (κ1) is 14.3. The molecule has 98 valence electrons. The van der Waals surface area contributed by atoms with E-state index < -0.39 is 0 Å². The molecular weight excluding hydrogens is 423 g/mol. The summed E-state index contributed by atoms with van der Waals surface area (Å²) in [5, 5.41) is 14.0. The number of nitro benzene ring substituents is 1. The van der Waals surface area contributed by atoms with E-state index in [1.807, 2.05) is 47.7 Å². The van der Waals surface area contributed by atoms with E-state index in [0.29, 0.717) is 3.57 Å². The van der Waals surface area contributed by atoms with Crippen molar-refractivity contribution in [3.8, 4) is 0 Å². The molecule has 0 radical (unpaired) electrons. The van der Waals surface area contributed by atoms with Crippen molar-refractivity contribution < 1.29 is 4.92 Å². The van der Waals surface area contributed by atoms with Crippen LogP contribution in [0.2, 0.25) is 0 Å². The van der Waals surface area contributed by atoms with Gasteiger partial charge in [-0.05, 0) is 65.4 Å². The molecule has 0 spiro atoms. The smallest absolute Gasteiger partial charge is 0.282 e. The van der Waals surface area contributed by atoms with Crippen LogP contribution in [0.4, 0.5) is 17.1 Å². The summed E-state index contributed by atoms with van der Waals surface area (Å²) in [6, 6.07) is 10.9. The molecule has 0 saturated carbocycles. The second-order valence-corrected chi connectivity index (χ2v) is 6.03. The minimum atomic E-state index is -0.380. The Morgan fingerprint density at radius 2 is 1.84 bits per heavy atom. The van der Waals surface area contributed by atoms with Gasteiger partial charge in [0.25, 0.3) is 5.69 Å². The third-order valence-corrected chi connectivity index (χ3v) is 4.34. The Morgan fingerprint density at radius 3 is 2.42 bits per heavy atom. The van der Waals surface area contributed by atoms with Gasteiger partial charge >= 0.3 is 0 Å². The molecule has 2 aromatic carbocycles. The summed E-state index contributed by atoms with van der Waals surface area (Å²) >= 11 is 5.41. The largest absolute Gasteiger partial charge is 0.355 e. The van der Waals surface area contributed by atoms with Crippen LogP contribution in [0.15, 0.2) is 40.9 Å². The lowest BCUT2D eigenvalue weighted by atomic mass is 10.2. The van der Waals surface area contributed by atoms with E-state index in [1.165, 1.54) is 6.07 Å². The Labute approximate surface area is 132 Å². The summed E-state index contributed by atoms with van der Waals surface area (Å²) in [6.45, 7) is 2.01. The summed E-state index contributed by atoms with van der Waals surface area (Å²) in [5.41, 5.74) is 3.03. The third-order valence-electron chi connectivity index (χ3n) is 2.59. The van der Waals surface area contributed by atoms with Crippen LogP contribution in [0.1, 0.15) is 5.56 Å². The van der Waals surface area contributed by atoms with Crippen LogP contribution in [0, 0.1) is 20.6 Å². The topological polar surface area (TPSA) is 55.2 Å². The van der Waals surface area contributed by atoms with Crippen molar-refractivity contribution >= 4 is 55.6 Å². The summed E-state index contributed by atoms with van der Waals surface area (Å²) in [7, 11) is 0. The first-order valence-corrected chi connectivity index (χ1v) is 7.31. The predicted molar refractivity (Wildman–Crippen MR) is 88.0 cm³/mol. The number of benzene rings is 2. The van der Waals surface area contributed by atoms with Gasteiger partial charge in [-0.25, -0.2) is 0 Å². The molecule has 0 aliphatic carbocycles. The van der Waals surface area contributed by atoms with Gasteiger partial charge < -0.3 is 5.32 Å². The Morgan fingerprint density at radius 1 is 1.21 bits per heavy atom. The average molecular weight is 433 g/mol. The van der Waals surface area contributed by atoms with Gasteiger partial charge in [-0.2, -0.15) is 0 Å². The van der Waals surface area contributed by atoms with Crippen LogP contribution in [-0.2, 0) is 0 Å².